The van der Waals surface area contributed by atoms with Crippen LogP contribution >= 0.6 is 24.8 Å². The molecular formula is C12H17Cl2N5O. The molecule has 3 rings (SSSR count). The summed E-state index contributed by atoms with van der Waals surface area (Å²) >= 11 is 0. The van der Waals surface area contributed by atoms with Crippen LogP contribution in [0.1, 0.15) is 30.3 Å². The van der Waals surface area contributed by atoms with Crippen LogP contribution < -0.4 is 5.32 Å². The zero-order valence-electron chi connectivity index (χ0n) is 11.1. The maximum atomic E-state index is 5.03. The molecule has 8 heteroatoms. The van der Waals surface area contributed by atoms with Crippen molar-refractivity contribution >= 4 is 24.8 Å². The normalized spacial score (nSPS) is 17.9. The maximum Gasteiger partial charge on any atom is 0.223 e. The van der Waals surface area contributed by atoms with Crippen molar-refractivity contribution in [2.24, 2.45) is 0 Å². The Morgan fingerprint density at radius 1 is 1.35 bits per heavy atom. The van der Waals surface area contributed by atoms with Gasteiger partial charge in [-0.3, -0.25) is 0 Å². The second-order valence-electron chi connectivity index (χ2n) is 4.50. The topological polar surface area (TPSA) is 76.7 Å². The minimum absolute atomic E-state index is 0. The monoisotopic (exact) mass is 317 g/mol. The zero-order valence-corrected chi connectivity index (χ0v) is 12.7. The van der Waals surface area contributed by atoms with Gasteiger partial charge < -0.3 is 9.84 Å². The SMILES string of the molecule is Cc1nc(-c2cncnc2C2CCCNC2)no1.Cl.Cl. The second-order valence-corrected chi connectivity index (χ2v) is 4.50. The van der Waals surface area contributed by atoms with E-state index in [2.05, 4.69) is 25.4 Å². The molecule has 20 heavy (non-hydrogen) atoms. The quantitative estimate of drug-likeness (QED) is 0.914. The number of hydrogen-bond acceptors (Lipinski definition) is 6. The molecule has 0 saturated carbocycles. The molecule has 2 aromatic heterocycles. The highest BCUT2D eigenvalue weighted by Crippen LogP contribution is 2.28. The van der Waals surface area contributed by atoms with Crippen molar-refractivity contribution in [3.05, 3.63) is 24.1 Å². The van der Waals surface area contributed by atoms with Crippen LogP contribution in [0.4, 0.5) is 0 Å². The summed E-state index contributed by atoms with van der Waals surface area (Å²) in [4.78, 5) is 12.7. The molecule has 1 atom stereocenters. The van der Waals surface area contributed by atoms with Gasteiger partial charge in [-0.2, -0.15) is 4.98 Å². The van der Waals surface area contributed by atoms with Gasteiger partial charge >= 0.3 is 0 Å². The maximum absolute atomic E-state index is 5.03. The first kappa shape index (κ1) is 16.8. The van der Waals surface area contributed by atoms with Crippen molar-refractivity contribution in [1.29, 1.82) is 0 Å². The summed E-state index contributed by atoms with van der Waals surface area (Å²) in [7, 11) is 0. The summed E-state index contributed by atoms with van der Waals surface area (Å²) in [6, 6.07) is 0. The van der Waals surface area contributed by atoms with Crippen LogP contribution in [0.25, 0.3) is 11.4 Å². The molecular weight excluding hydrogens is 301 g/mol. The van der Waals surface area contributed by atoms with E-state index in [0.29, 0.717) is 17.6 Å². The molecule has 0 aromatic carbocycles. The van der Waals surface area contributed by atoms with E-state index in [1.54, 1.807) is 19.4 Å². The molecule has 0 radical (unpaired) electrons. The van der Waals surface area contributed by atoms with Crippen LogP contribution in [-0.2, 0) is 0 Å². The lowest BCUT2D eigenvalue weighted by molar-refractivity contribution is 0.394. The molecule has 1 fully saturated rings. The Balaban J connectivity index is 0.000001000. The third kappa shape index (κ3) is 3.45. The minimum atomic E-state index is 0. The number of aromatic nitrogens is 4. The lowest BCUT2D eigenvalue weighted by atomic mass is 9.93. The van der Waals surface area contributed by atoms with Crippen LogP contribution in [0.2, 0.25) is 0 Å². The largest absolute Gasteiger partial charge is 0.339 e. The van der Waals surface area contributed by atoms with E-state index in [4.69, 9.17) is 4.52 Å². The number of aryl methyl sites for hydroxylation is 1. The van der Waals surface area contributed by atoms with Crippen LogP contribution in [0, 0.1) is 6.92 Å². The molecule has 2 aromatic rings. The van der Waals surface area contributed by atoms with Gasteiger partial charge in [-0.1, -0.05) is 5.16 Å². The van der Waals surface area contributed by atoms with E-state index in [1.165, 1.54) is 6.42 Å². The van der Waals surface area contributed by atoms with Crippen molar-refractivity contribution in [2.75, 3.05) is 13.1 Å². The molecule has 1 unspecified atom stereocenters. The molecule has 110 valence electrons. The van der Waals surface area contributed by atoms with Gasteiger partial charge in [0.05, 0.1) is 11.3 Å². The van der Waals surface area contributed by atoms with Gasteiger partial charge in [0.1, 0.15) is 6.33 Å². The van der Waals surface area contributed by atoms with E-state index in [0.717, 1.165) is 30.8 Å². The van der Waals surface area contributed by atoms with E-state index in [9.17, 15) is 0 Å². The van der Waals surface area contributed by atoms with Gasteiger partial charge in [-0.25, -0.2) is 9.97 Å². The van der Waals surface area contributed by atoms with E-state index in [-0.39, 0.29) is 24.8 Å². The van der Waals surface area contributed by atoms with E-state index in [1.807, 2.05) is 0 Å². The van der Waals surface area contributed by atoms with Gasteiger partial charge in [0.25, 0.3) is 0 Å². The van der Waals surface area contributed by atoms with Crippen molar-refractivity contribution in [2.45, 2.75) is 25.7 Å². The number of piperidine rings is 1. The van der Waals surface area contributed by atoms with Crippen LogP contribution in [-0.4, -0.2) is 33.2 Å². The summed E-state index contributed by atoms with van der Waals surface area (Å²) in [6.07, 6.45) is 5.65. The smallest absolute Gasteiger partial charge is 0.223 e. The summed E-state index contributed by atoms with van der Waals surface area (Å²) in [6.45, 7) is 3.81. The summed E-state index contributed by atoms with van der Waals surface area (Å²) < 4.78 is 5.03. The number of halogens is 2. The average molecular weight is 318 g/mol. The number of nitrogens with zero attached hydrogens (tertiary/aromatic N) is 4. The molecule has 1 N–H and O–H groups in total. The lowest BCUT2D eigenvalue weighted by Gasteiger charge is -2.23. The first-order valence-corrected chi connectivity index (χ1v) is 6.16. The second kappa shape index (κ2) is 7.52. The van der Waals surface area contributed by atoms with Crippen molar-refractivity contribution in [3.8, 4) is 11.4 Å². The summed E-state index contributed by atoms with van der Waals surface area (Å²) in [5, 5.41) is 7.35. The third-order valence-electron chi connectivity index (χ3n) is 3.20. The van der Waals surface area contributed by atoms with E-state index < -0.39 is 0 Å². The van der Waals surface area contributed by atoms with Crippen LogP contribution in [0.5, 0.6) is 0 Å². The van der Waals surface area contributed by atoms with Crippen molar-refractivity contribution in [3.63, 3.8) is 0 Å². The van der Waals surface area contributed by atoms with Crippen LogP contribution in [0.3, 0.4) is 0 Å². The highest BCUT2D eigenvalue weighted by atomic mass is 35.5. The molecule has 1 aliphatic heterocycles. The molecule has 0 bridgehead atoms. The summed E-state index contributed by atoms with van der Waals surface area (Å²) in [5.41, 5.74) is 1.89. The van der Waals surface area contributed by atoms with Gasteiger partial charge in [-0.05, 0) is 19.4 Å². The van der Waals surface area contributed by atoms with Crippen molar-refractivity contribution < 1.29 is 4.52 Å². The Bertz CT molecular complexity index is 542. The fourth-order valence-electron chi connectivity index (χ4n) is 2.33. The Morgan fingerprint density at radius 2 is 2.20 bits per heavy atom. The van der Waals surface area contributed by atoms with Crippen LogP contribution in [0.15, 0.2) is 17.0 Å². The molecule has 0 aliphatic carbocycles. The standard InChI is InChI=1S/C12H15N5O.2ClH/c1-8-16-12(17-18-8)10-6-14-7-15-11(10)9-3-2-4-13-5-9;;/h6-7,9,13H,2-5H2,1H3;2*1H. The Kier molecular flexibility index (Phi) is 6.32. The lowest BCUT2D eigenvalue weighted by Crippen LogP contribution is -2.29. The molecule has 0 spiro atoms. The van der Waals surface area contributed by atoms with Gasteiger partial charge in [-0.15, -0.1) is 24.8 Å². The van der Waals surface area contributed by atoms with Gasteiger partial charge in [0, 0.05) is 25.6 Å². The molecule has 0 amide bonds. The Hall–Kier alpha value is -1.24. The molecule has 1 saturated heterocycles. The predicted octanol–water partition coefficient (Wildman–Crippen LogP) is 2.15. The number of hydrogen-bond donors (Lipinski definition) is 1. The summed E-state index contributed by atoms with van der Waals surface area (Å²) in [5.74, 6) is 1.53. The Morgan fingerprint density at radius 3 is 2.85 bits per heavy atom. The molecule has 3 heterocycles. The first-order valence-electron chi connectivity index (χ1n) is 6.16. The third-order valence-corrected chi connectivity index (χ3v) is 3.20. The fraction of sp³-hybridized carbons (Fsp3) is 0.500. The fourth-order valence-corrected chi connectivity index (χ4v) is 2.33. The zero-order chi connectivity index (χ0) is 12.4. The predicted molar refractivity (Wildman–Crippen MR) is 79.4 cm³/mol. The highest BCUT2D eigenvalue weighted by Gasteiger charge is 2.22. The van der Waals surface area contributed by atoms with Gasteiger partial charge in [0.15, 0.2) is 0 Å². The van der Waals surface area contributed by atoms with E-state index >= 15 is 0 Å². The number of nitrogens with one attached hydrogen (secondary N) is 1. The highest BCUT2D eigenvalue weighted by molar-refractivity contribution is 5.85. The Labute approximate surface area is 129 Å². The minimum Gasteiger partial charge on any atom is -0.339 e. The number of rotatable bonds is 2. The molecule has 1 aliphatic rings. The molecule has 6 nitrogen and oxygen atoms in total. The first-order chi connectivity index (χ1) is 8.84. The van der Waals surface area contributed by atoms with Gasteiger partial charge in [0.2, 0.25) is 11.7 Å². The van der Waals surface area contributed by atoms with Crippen molar-refractivity contribution in [1.82, 2.24) is 25.4 Å². The average Bonchev–Trinajstić information content (AvgIpc) is 2.86.